The standard InChI is InChI=1S/C26H27N3O4S/c1-16-5-8-18(9-6-16)12-27-25(32)21-14-29(4)26-20(24(21)31)11-19(34-26)13-28(3)15-22(30)23-10-7-17(2)33-23/h5-12,14,22,30H,13,15H2,1-4H3. The van der Waals surface area contributed by atoms with Crippen LogP contribution in [0, 0.1) is 13.8 Å². The average molecular weight is 478 g/mol. The molecule has 0 aliphatic rings. The quantitative estimate of drug-likeness (QED) is 0.403. The van der Waals surface area contributed by atoms with Crippen LogP contribution >= 0.6 is 11.3 Å². The van der Waals surface area contributed by atoms with E-state index in [1.807, 2.05) is 69.2 Å². The van der Waals surface area contributed by atoms with E-state index in [9.17, 15) is 14.7 Å². The molecule has 1 amide bonds. The van der Waals surface area contributed by atoms with E-state index in [0.717, 1.165) is 26.6 Å². The van der Waals surface area contributed by atoms with Gasteiger partial charge in [-0.1, -0.05) is 29.8 Å². The number of nitrogens with zero attached hydrogens (tertiary/aromatic N) is 3. The summed E-state index contributed by atoms with van der Waals surface area (Å²) < 4.78 is 7.29. The van der Waals surface area contributed by atoms with Crippen LogP contribution in [0.15, 0.2) is 62.9 Å². The summed E-state index contributed by atoms with van der Waals surface area (Å²) in [5, 5.41) is 10.9. The number of aromatic nitrogens is 1. The molecule has 0 radical (unpaired) electrons. The number of rotatable bonds is 7. The predicted octanol–water partition coefficient (Wildman–Crippen LogP) is 4.23. The number of benzene rings is 1. The van der Waals surface area contributed by atoms with E-state index in [4.69, 9.17) is 4.42 Å². The Morgan fingerprint density at radius 2 is 1.97 bits per heavy atom. The molecule has 1 aromatic carbocycles. The Bertz CT molecular complexity index is 1410. The maximum atomic E-state index is 13.1. The van der Waals surface area contributed by atoms with E-state index in [-0.39, 0.29) is 11.0 Å². The van der Waals surface area contributed by atoms with Crippen LogP contribution in [0.3, 0.4) is 0 Å². The Morgan fingerprint density at radius 3 is 2.65 bits per heavy atom. The van der Waals surface area contributed by atoms with Gasteiger partial charge >= 0.3 is 0 Å². The molecule has 34 heavy (non-hydrogen) atoms. The maximum absolute atomic E-state index is 13.1. The van der Waals surface area contributed by atoms with Crippen LogP contribution in [0.1, 0.15) is 44.0 Å². The number of aliphatic imine (C=N–C) groups is 1. The van der Waals surface area contributed by atoms with E-state index >= 15 is 0 Å². The summed E-state index contributed by atoms with van der Waals surface area (Å²) in [7, 11) is 3.71. The average Bonchev–Trinajstić information content (AvgIpc) is 3.42. The summed E-state index contributed by atoms with van der Waals surface area (Å²) in [4.78, 5) is 33.5. The largest absolute Gasteiger partial charge is 0.464 e. The zero-order valence-corrected chi connectivity index (χ0v) is 20.4. The number of aliphatic hydroxyl groups excluding tert-OH is 1. The van der Waals surface area contributed by atoms with Gasteiger partial charge in [-0.25, -0.2) is 4.99 Å². The van der Waals surface area contributed by atoms with Crippen LogP contribution in [0.4, 0.5) is 0 Å². The first kappa shape index (κ1) is 23.8. The third kappa shape index (κ3) is 5.25. The molecule has 0 spiro atoms. The number of pyridine rings is 1. The highest BCUT2D eigenvalue weighted by Gasteiger charge is 2.18. The normalized spacial score (nSPS) is 12.8. The first-order chi connectivity index (χ1) is 16.2. The lowest BCUT2D eigenvalue weighted by Crippen LogP contribution is -2.23. The lowest BCUT2D eigenvalue weighted by Gasteiger charge is -2.18. The van der Waals surface area contributed by atoms with Gasteiger partial charge in [0.05, 0.1) is 5.39 Å². The molecule has 7 nitrogen and oxygen atoms in total. The highest BCUT2D eigenvalue weighted by atomic mass is 32.1. The van der Waals surface area contributed by atoms with Gasteiger partial charge in [0.25, 0.3) is 5.91 Å². The van der Waals surface area contributed by atoms with Gasteiger partial charge in [-0.15, -0.1) is 11.3 Å². The van der Waals surface area contributed by atoms with Gasteiger partial charge in [0.2, 0.25) is 5.43 Å². The second-order valence-electron chi connectivity index (χ2n) is 8.55. The number of hydrogen-bond donors (Lipinski definition) is 1. The van der Waals surface area contributed by atoms with Crippen molar-refractivity contribution in [3.05, 3.63) is 92.0 Å². The number of hydrogen-bond acceptors (Lipinski definition) is 6. The monoisotopic (exact) mass is 477 g/mol. The molecule has 3 aromatic heterocycles. The lowest BCUT2D eigenvalue weighted by atomic mass is 10.1. The van der Waals surface area contributed by atoms with Crippen molar-refractivity contribution in [3.63, 3.8) is 0 Å². The third-order valence-corrected chi connectivity index (χ3v) is 6.74. The highest BCUT2D eigenvalue weighted by molar-refractivity contribution is 7.18. The number of aliphatic hydroxyl groups is 1. The molecule has 4 rings (SSSR count). The number of aryl methyl sites for hydroxylation is 3. The molecule has 8 heteroatoms. The number of amides is 1. The van der Waals surface area contributed by atoms with Crippen LogP contribution < -0.4 is 5.43 Å². The summed E-state index contributed by atoms with van der Waals surface area (Å²) in [5.74, 6) is 0.721. The van der Waals surface area contributed by atoms with Crippen LogP contribution in [0.5, 0.6) is 0 Å². The molecule has 0 bridgehead atoms. The Morgan fingerprint density at radius 1 is 1.24 bits per heavy atom. The van der Waals surface area contributed by atoms with Crippen molar-refractivity contribution in [1.29, 1.82) is 0 Å². The number of furan rings is 1. The Hall–Kier alpha value is -3.33. The lowest BCUT2D eigenvalue weighted by molar-refractivity contribution is 0.100. The molecule has 1 N–H and O–H groups in total. The SMILES string of the molecule is Cc1ccc(C=NC(=O)c2cn(C)c3sc(CN(C)CC(O)c4ccc(C)o4)cc3c2=O)cc1. The van der Waals surface area contributed by atoms with Crippen molar-refractivity contribution in [1.82, 2.24) is 9.47 Å². The van der Waals surface area contributed by atoms with Crippen LogP contribution in [-0.4, -0.2) is 40.3 Å². The van der Waals surface area contributed by atoms with Gasteiger partial charge < -0.3 is 14.1 Å². The Kier molecular flexibility index (Phi) is 6.92. The zero-order chi connectivity index (χ0) is 24.4. The predicted molar refractivity (Wildman–Crippen MR) is 135 cm³/mol. The summed E-state index contributed by atoms with van der Waals surface area (Å²) in [6, 6.07) is 13.0. The van der Waals surface area contributed by atoms with Crippen LogP contribution in [0.2, 0.25) is 0 Å². The smallest absolute Gasteiger partial charge is 0.282 e. The van der Waals surface area contributed by atoms with E-state index in [0.29, 0.717) is 24.2 Å². The molecule has 4 aromatic rings. The summed E-state index contributed by atoms with van der Waals surface area (Å²) in [6.45, 7) is 4.75. The van der Waals surface area contributed by atoms with Crippen molar-refractivity contribution < 1.29 is 14.3 Å². The molecular weight excluding hydrogens is 450 g/mol. The van der Waals surface area contributed by atoms with Gasteiger partial charge in [-0.3, -0.25) is 14.5 Å². The van der Waals surface area contributed by atoms with E-state index < -0.39 is 12.0 Å². The highest BCUT2D eigenvalue weighted by Crippen LogP contribution is 2.25. The fourth-order valence-electron chi connectivity index (χ4n) is 3.75. The molecule has 0 aliphatic heterocycles. The van der Waals surface area contributed by atoms with Crippen molar-refractivity contribution in [3.8, 4) is 0 Å². The van der Waals surface area contributed by atoms with Crippen molar-refractivity contribution in [2.24, 2.45) is 12.0 Å². The summed E-state index contributed by atoms with van der Waals surface area (Å²) >= 11 is 1.49. The molecule has 1 atom stereocenters. The van der Waals surface area contributed by atoms with E-state index in [1.54, 1.807) is 16.8 Å². The van der Waals surface area contributed by atoms with Crippen molar-refractivity contribution in [2.75, 3.05) is 13.6 Å². The fourth-order valence-corrected chi connectivity index (χ4v) is 4.91. The zero-order valence-electron chi connectivity index (χ0n) is 19.6. The van der Waals surface area contributed by atoms with Crippen LogP contribution in [-0.2, 0) is 13.6 Å². The minimum atomic E-state index is -0.741. The summed E-state index contributed by atoms with van der Waals surface area (Å²) in [5.41, 5.74) is 1.63. The number of carbonyl (C=O) groups excluding carboxylic acids is 1. The number of thiophene rings is 1. The third-order valence-electron chi connectivity index (χ3n) is 5.53. The molecule has 1 unspecified atom stereocenters. The van der Waals surface area contributed by atoms with Crippen molar-refractivity contribution in [2.45, 2.75) is 26.5 Å². The number of likely N-dealkylation sites (N-methyl/N-ethyl adjacent to an activating group) is 1. The number of carbonyl (C=O) groups is 1. The first-order valence-corrected chi connectivity index (χ1v) is 11.7. The van der Waals surface area contributed by atoms with Gasteiger partial charge in [0.1, 0.15) is 28.0 Å². The minimum absolute atomic E-state index is 0.0414. The van der Waals surface area contributed by atoms with E-state index in [2.05, 4.69) is 4.99 Å². The van der Waals surface area contributed by atoms with Gasteiger partial charge in [-0.2, -0.15) is 0 Å². The second-order valence-corrected chi connectivity index (χ2v) is 9.66. The molecule has 0 aliphatic carbocycles. The number of fused-ring (bicyclic) bond motifs is 1. The summed E-state index contributed by atoms with van der Waals surface area (Å²) in [6.07, 6.45) is 2.28. The van der Waals surface area contributed by atoms with Crippen molar-refractivity contribution >= 4 is 33.7 Å². The van der Waals surface area contributed by atoms with Crippen LogP contribution in [0.25, 0.3) is 10.2 Å². The molecule has 0 saturated carbocycles. The molecule has 0 saturated heterocycles. The van der Waals surface area contributed by atoms with Gasteiger partial charge in [0.15, 0.2) is 0 Å². The Labute approximate surface area is 201 Å². The second kappa shape index (κ2) is 9.89. The van der Waals surface area contributed by atoms with E-state index in [1.165, 1.54) is 17.6 Å². The topological polar surface area (TPSA) is 88.0 Å². The van der Waals surface area contributed by atoms with Gasteiger partial charge in [-0.05, 0) is 44.7 Å². The fraction of sp³-hybridized carbons (Fsp3) is 0.269. The molecule has 0 fully saturated rings. The Balaban J connectivity index is 1.52. The minimum Gasteiger partial charge on any atom is -0.464 e. The first-order valence-electron chi connectivity index (χ1n) is 10.9. The molecule has 176 valence electrons. The molecular formula is C26H27N3O4S. The molecule has 3 heterocycles. The maximum Gasteiger partial charge on any atom is 0.282 e. The van der Waals surface area contributed by atoms with Gasteiger partial charge in [0, 0.05) is 37.4 Å².